The number of aryl methyl sites for hydroxylation is 1. The molecule has 0 aliphatic heterocycles. The molecule has 144 valence electrons. The van der Waals surface area contributed by atoms with Crippen LogP contribution in [0.15, 0.2) is 52.3 Å². The van der Waals surface area contributed by atoms with Crippen LogP contribution in [0.3, 0.4) is 0 Å². The molecular formula is C20H22N6O2. The van der Waals surface area contributed by atoms with E-state index in [1.165, 1.54) is 9.13 Å². The van der Waals surface area contributed by atoms with Crippen molar-refractivity contribution in [1.29, 1.82) is 0 Å². The molecule has 0 spiro atoms. The number of fused-ring (bicyclic) bond motifs is 1. The van der Waals surface area contributed by atoms with Crippen molar-refractivity contribution in [3.8, 4) is 11.4 Å². The number of H-pyrrole nitrogens is 1. The van der Waals surface area contributed by atoms with Gasteiger partial charge < -0.3 is 4.98 Å². The highest BCUT2D eigenvalue weighted by molar-refractivity contribution is 5.75. The van der Waals surface area contributed by atoms with E-state index in [1.54, 1.807) is 6.20 Å². The lowest BCUT2D eigenvalue weighted by atomic mass is 10.2. The lowest BCUT2D eigenvalue weighted by molar-refractivity contribution is 0.519. The standard InChI is InChI=1S/C20H22N6O2/c1-4-25-18-16(19(27)26(13(2)3)20(25)28)22-17(23-18)15-10-21-24(12-15)11-14-8-6-5-7-9-14/h5-10,12-13H,4,11H2,1-3H3,(H,22,23). The van der Waals surface area contributed by atoms with Crippen molar-refractivity contribution in [1.82, 2.24) is 28.9 Å². The molecule has 0 saturated carbocycles. The van der Waals surface area contributed by atoms with Crippen LogP contribution in [0, 0.1) is 0 Å². The molecule has 0 atom stereocenters. The van der Waals surface area contributed by atoms with Gasteiger partial charge in [-0.1, -0.05) is 30.3 Å². The summed E-state index contributed by atoms with van der Waals surface area (Å²) in [6.45, 7) is 6.57. The maximum Gasteiger partial charge on any atom is 0.332 e. The molecule has 3 heterocycles. The fraction of sp³-hybridized carbons (Fsp3) is 0.300. The second kappa shape index (κ2) is 6.95. The number of hydrogen-bond donors (Lipinski definition) is 1. The van der Waals surface area contributed by atoms with Crippen LogP contribution in [0.5, 0.6) is 0 Å². The quantitative estimate of drug-likeness (QED) is 0.577. The van der Waals surface area contributed by atoms with E-state index in [9.17, 15) is 9.59 Å². The van der Waals surface area contributed by atoms with E-state index >= 15 is 0 Å². The van der Waals surface area contributed by atoms with Gasteiger partial charge in [0.2, 0.25) is 0 Å². The molecule has 8 nitrogen and oxygen atoms in total. The fourth-order valence-corrected chi connectivity index (χ4v) is 3.36. The highest BCUT2D eigenvalue weighted by atomic mass is 16.2. The summed E-state index contributed by atoms with van der Waals surface area (Å²) < 4.78 is 4.59. The molecule has 0 unspecified atom stereocenters. The monoisotopic (exact) mass is 378 g/mol. The van der Waals surface area contributed by atoms with E-state index in [2.05, 4.69) is 15.1 Å². The maximum absolute atomic E-state index is 12.8. The van der Waals surface area contributed by atoms with E-state index in [0.29, 0.717) is 30.1 Å². The fourth-order valence-electron chi connectivity index (χ4n) is 3.36. The predicted octanol–water partition coefficient (Wildman–Crippen LogP) is 2.40. The van der Waals surface area contributed by atoms with E-state index < -0.39 is 0 Å². The summed E-state index contributed by atoms with van der Waals surface area (Å²) in [6, 6.07) is 9.80. The number of hydrogen-bond acceptors (Lipinski definition) is 4. The smallest absolute Gasteiger partial charge is 0.332 e. The number of imidazole rings is 1. The minimum Gasteiger partial charge on any atom is -0.332 e. The summed E-state index contributed by atoms with van der Waals surface area (Å²) >= 11 is 0. The Hall–Kier alpha value is -3.42. The Bertz CT molecular complexity index is 1240. The zero-order chi connectivity index (χ0) is 19.8. The zero-order valence-electron chi connectivity index (χ0n) is 16.1. The van der Waals surface area contributed by atoms with Crippen molar-refractivity contribution in [2.24, 2.45) is 0 Å². The van der Waals surface area contributed by atoms with Gasteiger partial charge in [-0.15, -0.1) is 0 Å². The van der Waals surface area contributed by atoms with Gasteiger partial charge in [0.25, 0.3) is 5.56 Å². The Morgan fingerprint density at radius 1 is 1.14 bits per heavy atom. The summed E-state index contributed by atoms with van der Waals surface area (Å²) in [7, 11) is 0. The number of benzene rings is 1. The first kappa shape index (κ1) is 18.0. The van der Waals surface area contributed by atoms with Crippen molar-refractivity contribution < 1.29 is 0 Å². The lowest BCUT2D eigenvalue weighted by Crippen LogP contribution is -2.40. The highest BCUT2D eigenvalue weighted by Crippen LogP contribution is 2.18. The Balaban J connectivity index is 1.80. The SMILES string of the molecule is CCn1c(=O)n(C(C)C)c(=O)c2[nH]c(-c3cnn(Cc4ccccc4)c3)nc21. The van der Waals surface area contributed by atoms with E-state index in [0.717, 1.165) is 11.1 Å². The summed E-state index contributed by atoms with van der Waals surface area (Å²) in [4.78, 5) is 33.1. The highest BCUT2D eigenvalue weighted by Gasteiger charge is 2.19. The average Bonchev–Trinajstić information content (AvgIpc) is 3.30. The lowest BCUT2D eigenvalue weighted by Gasteiger charge is -2.11. The van der Waals surface area contributed by atoms with Crippen LogP contribution in [-0.4, -0.2) is 28.9 Å². The van der Waals surface area contributed by atoms with Crippen molar-refractivity contribution in [2.75, 3.05) is 0 Å². The molecule has 8 heteroatoms. The first-order valence-electron chi connectivity index (χ1n) is 9.31. The van der Waals surface area contributed by atoms with Crippen LogP contribution >= 0.6 is 0 Å². The normalized spacial score (nSPS) is 11.6. The largest absolute Gasteiger partial charge is 0.332 e. The van der Waals surface area contributed by atoms with Gasteiger partial charge in [-0.25, -0.2) is 9.78 Å². The molecular weight excluding hydrogens is 356 g/mol. The minimum absolute atomic E-state index is 0.234. The van der Waals surface area contributed by atoms with Gasteiger partial charge in [0.05, 0.1) is 18.3 Å². The summed E-state index contributed by atoms with van der Waals surface area (Å²) in [6.07, 6.45) is 3.58. The number of aromatic nitrogens is 6. The predicted molar refractivity (Wildman–Crippen MR) is 107 cm³/mol. The second-order valence-electron chi connectivity index (χ2n) is 6.99. The molecule has 1 aromatic carbocycles. The number of rotatable bonds is 5. The molecule has 0 bridgehead atoms. The van der Waals surface area contributed by atoms with E-state index in [-0.39, 0.29) is 17.3 Å². The molecule has 4 rings (SSSR count). The van der Waals surface area contributed by atoms with Gasteiger partial charge in [0, 0.05) is 18.8 Å². The van der Waals surface area contributed by atoms with Gasteiger partial charge in [0.1, 0.15) is 11.3 Å². The molecule has 0 aliphatic rings. The Morgan fingerprint density at radius 2 is 1.89 bits per heavy atom. The van der Waals surface area contributed by atoms with Gasteiger partial charge in [-0.05, 0) is 26.3 Å². The molecule has 28 heavy (non-hydrogen) atoms. The van der Waals surface area contributed by atoms with Crippen molar-refractivity contribution in [3.63, 3.8) is 0 Å². The van der Waals surface area contributed by atoms with Gasteiger partial charge in [0.15, 0.2) is 5.65 Å². The first-order valence-corrected chi connectivity index (χ1v) is 9.31. The Kier molecular flexibility index (Phi) is 4.46. The summed E-state index contributed by atoms with van der Waals surface area (Å²) in [5, 5.41) is 4.39. The molecule has 3 aromatic heterocycles. The van der Waals surface area contributed by atoms with Gasteiger partial charge in [-0.2, -0.15) is 5.10 Å². The van der Waals surface area contributed by atoms with Crippen molar-refractivity contribution >= 4 is 11.2 Å². The molecule has 0 aliphatic carbocycles. The first-order chi connectivity index (χ1) is 13.5. The van der Waals surface area contributed by atoms with Crippen LogP contribution in [0.2, 0.25) is 0 Å². The third-order valence-corrected chi connectivity index (χ3v) is 4.74. The second-order valence-corrected chi connectivity index (χ2v) is 6.99. The van der Waals surface area contributed by atoms with Crippen LogP contribution in [0.1, 0.15) is 32.4 Å². The zero-order valence-corrected chi connectivity index (χ0v) is 16.1. The third kappa shape index (κ3) is 2.96. The number of aromatic amines is 1. The molecule has 1 N–H and O–H groups in total. The molecule has 0 fully saturated rings. The maximum atomic E-state index is 12.8. The van der Waals surface area contributed by atoms with Crippen LogP contribution < -0.4 is 11.2 Å². The van der Waals surface area contributed by atoms with Crippen LogP contribution in [-0.2, 0) is 13.1 Å². The molecule has 0 radical (unpaired) electrons. The van der Waals surface area contributed by atoms with E-state index in [1.807, 2.05) is 62.0 Å². The van der Waals surface area contributed by atoms with Crippen molar-refractivity contribution in [3.05, 3.63) is 69.1 Å². The summed E-state index contributed by atoms with van der Waals surface area (Å²) in [5.74, 6) is 0.523. The van der Waals surface area contributed by atoms with Crippen molar-refractivity contribution in [2.45, 2.75) is 39.9 Å². The average molecular weight is 378 g/mol. The number of nitrogens with zero attached hydrogens (tertiary/aromatic N) is 5. The Morgan fingerprint density at radius 3 is 2.57 bits per heavy atom. The minimum atomic E-state index is -0.352. The van der Waals surface area contributed by atoms with Crippen LogP contribution in [0.25, 0.3) is 22.6 Å². The molecule has 4 aromatic rings. The van der Waals surface area contributed by atoms with E-state index in [4.69, 9.17) is 0 Å². The topological polar surface area (TPSA) is 90.5 Å². The van der Waals surface area contributed by atoms with Gasteiger partial charge in [-0.3, -0.25) is 18.6 Å². The van der Waals surface area contributed by atoms with Crippen LogP contribution in [0.4, 0.5) is 0 Å². The third-order valence-electron chi connectivity index (χ3n) is 4.74. The molecule has 0 amide bonds. The van der Waals surface area contributed by atoms with Gasteiger partial charge >= 0.3 is 5.69 Å². The summed E-state index contributed by atoms with van der Waals surface area (Å²) in [5.41, 5.74) is 1.92. The number of nitrogens with one attached hydrogen (secondary N) is 1. The molecule has 0 saturated heterocycles. The Labute approximate surface area is 161 Å².